The fourth-order valence-electron chi connectivity index (χ4n) is 11.8. The van der Waals surface area contributed by atoms with E-state index in [9.17, 15) is 45.5 Å². The smallest absolute Gasteiger partial charge is 0.478 e. The van der Waals surface area contributed by atoms with Gasteiger partial charge < -0.3 is 38.8 Å². The van der Waals surface area contributed by atoms with Gasteiger partial charge >= 0.3 is 31.4 Å². The van der Waals surface area contributed by atoms with Gasteiger partial charge in [0, 0.05) is 43.9 Å². The van der Waals surface area contributed by atoms with Crippen LogP contribution in [-0.2, 0) is 40.7 Å². The zero-order valence-electron chi connectivity index (χ0n) is 44.0. The van der Waals surface area contributed by atoms with Crippen molar-refractivity contribution in [2.45, 2.75) is 140 Å². The summed E-state index contributed by atoms with van der Waals surface area (Å²) in [5.74, 6) is -1.50. The van der Waals surface area contributed by atoms with E-state index in [-0.39, 0.29) is 63.4 Å². The molecule has 2 amide bonds. The molecule has 0 aromatic heterocycles. The van der Waals surface area contributed by atoms with Crippen LogP contribution in [0.3, 0.4) is 0 Å². The minimum Gasteiger partial charge on any atom is -0.478 e. The molecular formula is C58H64BBrF6N2O10. The van der Waals surface area contributed by atoms with E-state index in [1.807, 2.05) is 21.9 Å². The third kappa shape index (κ3) is 12.2. The highest BCUT2D eigenvalue weighted by Crippen LogP contribution is 2.66. The molecule has 0 bridgehead atoms. The summed E-state index contributed by atoms with van der Waals surface area (Å²) in [6.07, 6.45) is 0.268. The van der Waals surface area contributed by atoms with Crippen LogP contribution in [0.2, 0.25) is 0 Å². The summed E-state index contributed by atoms with van der Waals surface area (Å²) in [7, 11) is -0.302. The Morgan fingerprint density at radius 1 is 0.590 bits per heavy atom. The van der Waals surface area contributed by atoms with Crippen molar-refractivity contribution in [1.82, 2.24) is 9.80 Å². The van der Waals surface area contributed by atoms with Crippen LogP contribution in [0.15, 0.2) is 89.4 Å². The second-order valence-electron chi connectivity index (χ2n) is 22.8. The number of nitrogens with zero attached hydrogens (tertiary/aromatic N) is 2. The minimum atomic E-state index is -4.66. The predicted molar refractivity (Wildman–Crippen MR) is 281 cm³/mol. The molecule has 4 atom stereocenters. The van der Waals surface area contributed by atoms with Gasteiger partial charge in [-0.05, 0) is 173 Å². The van der Waals surface area contributed by atoms with Crippen molar-refractivity contribution >= 4 is 52.3 Å². The van der Waals surface area contributed by atoms with Gasteiger partial charge in [0.25, 0.3) is 11.8 Å². The number of piperidine rings is 2. The van der Waals surface area contributed by atoms with Gasteiger partial charge in [-0.25, -0.2) is 9.59 Å². The Bertz CT molecular complexity index is 2860. The molecule has 7 fully saturated rings. The fourth-order valence-corrected chi connectivity index (χ4v) is 12.3. The number of amides is 2. The lowest BCUT2D eigenvalue weighted by molar-refractivity contribution is -0.143. The largest absolute Gasteiger partial charge is 0.494 e. The first-order valence-corrected chi connectivity index (χ1v) is 27.4. The zero-order chi connectivity index (χ0) is 56.2. The summed E-state index contributed by atoms with van der Waals surface area (Å²) in [4.78, 5) is 50.7. The van der Waals surface area contributed by atoms with Crippen molar-refractivity contribution in [2.75, 3.05) is 39.4 Å². The maximum Gasteiger partial charge on any atom is 0.494 e. The maximum absolute atomic E-state index is 13.6. The molecule has 5 aliphatic heterocycles. The van der Waals surface area contributed by atoms with Crippen molar-refractivity contribution in [3.8, 4) is 11.1 Å². The summed E-state index contributed by atoms with van der Waals surface area (Å²) in [6.45, 7) is 12.9. The third-order valence-electron chi connectivity index (χ3n) is 17.5. The number of carboxylic acid groups (broad SMARTS) is 2. The highest BCUT2D eigenvalue weighted by atomic mass is 79.9. The van der Waals surface area contributed by atoms with E-state index in [0.717, 1.165) is 114 Å². The number of carbonyl (C=O) groups excluding carboxylic acids is 2. The Hall–Kier alpha value is -5.28. The summed E-state index contributed by atoms with van der Waals surface area (Å²) in [5, 5.41) is 17.6. The van der Waals surface area contributed by atoms with Gasteiger partial charge in [-0.15, -0.1) is 0 Å². The number of likely N-dealkylation sites (tertiary alicyclic amines) is 2. The number of aromatic carboxylic acids is 2. The molecule has 11 rings (SSSR count). The van der Waals surface area contributed by atoms with Crippen molar-refractivity contribution in [2.24, 2.45) is 10.8 Å². The van der Waals surface area contributed by atoms with Gasteiger partial charge in [0.1, 0.15) is 12.2 Å². The second kappa shape index (κ2) is 22.0. The quantitative estimate of drug-likeness (QED) is 0.129. The van der Waals surface area contributed by atoms with E-state index in [0.29, 0.717) is 41.6 Å². The van der Waals surface area contributed by atoms with Gasteiger partial charge in [-0.1, -0.05) is 70.5 Å². The molecule has 12 nitrogen and oxygen atoms in total. The second-order valence-corrected chi connectivity index (χ2v) is 23.7. The van der Waals surface area contributed by atoms with Crippen molar-refractivity contribution < 1.29 is 74.5 Å². The molecule has 7 aliphatic rings. The summed E-state index contributed by atoms with van der Waals surface area (Å²) in [5.41, 5.74) is 1.17. The summed E-state index contributed by atoms with van der Waals surface area (Å²) >= 11 is 2.70. The van der Waals surface area contributed by atoms with Crippen LogP contribution < -0.4 is 5.46 Å². The Kier molecular flexibility index (Phi) is 16.2. The normalized spacial score (nSPS) is 24.5. The predicted octanol–water partition coefficient (Wildman–Crippen LogP) is 11.8. The van der Waals surface area contributed by atoms with Gasteiger partial charge in [-0.2, -0.15) is 26.3 Å². The number of carbonyl (C=O) groups is 4. The lowest BCUT2D eigenvalue weighted by Gasteiger charge is -2.34. The summed E-state index contributed by atoms with van der Waals surface area (Å²) < 4.78 is 101. The molecule has 78 heavy (non-hydrogen) atoms. The van der Waals surface area contributed by atoms with Gasteiger partial charge in [0.05, 0.1) is 33.5 Å². The van der Waals surface area contributed by atoms with Crippen molar-refractivity contribution in [1.29, 1.82) is 0 Å². The van der Waals surface area contributed by atoms with Crippen LogP contribution in [0, 0.1) is 10.8 Å². The molecule has 4 aromatic rings. The number of hydrogen-bond acceptors (Lipinski definition) is 8. The standard InChI is InChI=1S/C26H26F3NO4.C24H34BNO4.C8H4BrF3O2/c27-26(28,29)20-14-18(24(32)33)7-8-19(20)16-3-5-17(6-4-16)21-15-25(21)9-11-30(12-10-25)23(31)22-2-1-13-34-22;1-22(2)23(3,4)30-25(29-22)18-9-7-17(8-10-18)19-16-24(19)11-13-26(14-12-24)21(27)20-6-5-15-28-20;9-6-2-1-4(7(13)14)3-5(6)8(10,11)12/h3-8,14,21-22H,1-2,9-13,15H2,(H,32,33);7-10,19-20H,5-6,11-16H2,1-4H3;1-3H,(H,13,14)/t21-,22-;19-,20-;/m11./s1. The Morgan fingerprint density at radius 2 is 1.00 bits per heavy atom. The van der Waals surface area contributed by atoms with Gasteiger partial charge in [0.2, 0.25) is 0 Å². The Labute approximate surface area is 458 Å². The molecule has 5 saturated heterocycles. The number of ether oxygens (including phenoxy) is 2. The number of rotatable bonds is 8. The monoisotopic (exact) mass is 1150 g/mol. The number of benzene rings is 4. The lowest BCUT2D eigenvalue weighted by atomic mass is 9.78. The average Bonchev–Trinajstić information content (AvgIpc) is 4.08. The van der Waals surface area contributed by atoms with E-state index in [2.05, 4.69) is 67.9 Å². The molecule has 20 heteroatoms. The van der Waals surface area contributed by atoms with Gasteiger partial charge in [0.15, 0.2) is 0 Å². The van der Waals surface area contributed by atoms with Crippen LogP contribution in [0.1, 0.15) is 147 Å². The Morgan fingerprint density at radius 3 is 1.40 bits per heavy atom. The highest BCUT2D eigenvalue weighted by molar-refractivity contribution is 9.10. The molecule has 0 unspecified atom stereocenters. The third-order valence-corrected chi connectivity index (χ3v) is 18.2. The topological polar surface area (TPSA) is 152 Å². The molecular weight excluding hydrogens is 1090 g/mol. The fraction of sp³-hybridized carbons (Fsp3) is 0.517. The molecule has 0 radical (unpaired) electrons. The van der Waals surface area contributed by atoms with Crippen molar-refractivity contribution in [3.63, 3.8) is 0 Å². The van der Waals surface area contributed by atoms with Crippen molar-refractivity contribution in [3.05, 3.63) is 123 Å². The molecule has 4 aromatic carbocycles. The first-order chi connectivity index (χ1) is 36.7. The number of alkyl halides is 6. The number of carboxylic acids is 2. The lowest BCUT2D eigenvalue weighted by Crippen LogP contribution is -2.44. The molecule has 5 heterocycles. The van der Waals surface area contributed by atoms with Gasteiger partial charge in [-0.3, -0.25) is 9.59 Å². The molecule has 2 aliphatic carbocycles. The average molecular weight is 1150 g/mol. The van der Waals surface area contributed by atoms with E-state index >= 15 is 0 Å². The van der Waals surface area contributed by atoms with Crippen LogP contribution in [0.4, 0.5) is 26.3 Å². The SMILES string of the molecule is CC1(C)OB(c2ccc([C@H]3CC34CCN(C(=O)[C@H]3CCCO3)CC4)cc2)OC1(C)C.O=C(O)c1ccc(-c2ccc([C@H]3CC34CCN(C(=O)[C@H]3CCCO3)CC4)cc2)c(C(F)(F)F)c1.O=C(O)c1ccc(Br)c(C(F)(F)F)c1. The van der Waals surface area contributed by atoms with Crippen LogP contribution >= 0.6 is 15.9 Å². The van der Waals surface area contributed by atoms with E-state index in [1.54, 1.807) is 12.1 Å². The molecule has 2 spiro atoms. The van der Waals surface area contributed by atoms with Crippen LogP contribution in [0.5, 0.6) is 0 Å². The molecule has 2 N–H and O–H groups in total. The first-order valence-electron chi connectivity index (χ1n) is 26.6. The van der Waals surface area contributed by atoms with Crippen LogP contribution in [-0.4, -0.2) is 114 Å². The maximum atomic E-state index is 13.6. The van der Waals surface area contributed by atoms with E-state index < -0.39 is 41.0 Å². The highest BCUT2D eigenvalue weighted by Gasteiger charge is 2.57. The van der Waals surface area contributed by atoms with E-state index in [1.165, 1.54) is 24.1 Å². The number of hydrogen-bond donors (Lipinski definition) is 2. The molecule has 2 saturated carbocycles. The summed E-state index contributed by atoms with van der Waals surface area (Å²) in [6, 6.07) is 21.8. The number of halogens is 7. The molecule has 418 valence electrons. The first kappa shape index (κ1) is 57.4. The Balaban J connectivity index is 0.000000154. The van der Waals surface area contributed by atoms with Crippen LogP contribution in [0.25, 0.3) is 11.1 Å². The minimum absolute atomic E-state index is 0.0319. The zero-order valence-corrected chi connectivity index (χ0v) is 45.6. The van der Waals surface area contributed by atoms with E-state index in [4.69, 9.17) is 29.0 Å².